The van der Waals surface area contributed by atoms with Crippen LogP contribution in [0.25, 0.3) is 0 Å². The molecule has 11 heavy (non-hydrogen) atoms. The maximum Gasteiger partial charge on any atom is 0.257 e. The van der Waals surface area contributed by atoms with Gasteiger partial charge in [0.05, 0.1) is 19.3 Å². The fourth-order valence-corrected chi connectivity index (χ4v) is 1.02. The molecule has 0 radical (unpaired) electrons. The molecule has 0 aliphatic rings. The zero-order valence-corrected chi connectivity index (χ0v) is 7.03. The van der Waals surface area contributed by atoms with E-state index in [9.17, 15) is 8.42 Å². The van der Waals surface area contributed by atoms with Crippen molar-refractivity contribution in [2.75, 3.05) is 13.2 Å². The van der Waals surface area contributed by atoms with Crippen molar-refractivity contribution in [2.24, 2.45) is 5.92 Å². The van der Waals surface area contributed by atoms with Crippen LogP contribution in [0.15, 0.2) is 0 Å². The zero-order valence-electron chi connectivity index (χ0n) is 6.14. The van der Waals surface area contributed by atoms with Crippen LogP contribution in [-0.4, -0.2) is 37.9 Å². The molecule has 0 aliphatic heterocycles. The lowest BCUT2D eigenvalue weighted by Crippen LogP contribution is -2.26. The highest BCUT2D eigenvalue weighted by molar-refractivity contribution is 7.67. The summed E-state index contributed by atoms with van der Waals surface area (Å²) in [6.07, 6.45) is -0.675. The second-order valence-corrected chi connectivity index (χ2v) is 2.82. The summed E-state index contributed by atoms with van der Waals surface area (Å²) in [6, 6.07) is 0. The van der Waals surface area contributed by atoms with Crippen molar-refractivity contribution in [1.29, 1.82) is 0 Å². The van der Waals surface area contributed by atoms with Crippen molar-refractivity contribution in [1.82, 2.24) is 0 Å². The summed E-state index contributed by atoms with van der Waals surface area (Å²) in [5, 5.41) is 17.1. The molecule has 6 heteroatoms. The summed E-state index contributed by atoms with van der Waals surface area (Å²) in [4.78, 5) is 0. The van der Waals surface area contributed by atoms with Gasteiger partial charge in [-0.05, 0) is 6.92 Å². The minimum Gasteiger partial charge on any atom is -0.396 e. The largest absolute Gasteiger partial charge is 0.396 e. The Kier molecular flexibility index (Phi) is 5.39. The van der Waals surface area contributed by atoms with Crippen LogP contribution in [0.3, 0.4) is 0 Å². The molecule has 68 valence electrons. The molecule has 0 aromatic carbocycles. The lowest BCUT2D eigenvalue weighted by Gasteiger charge is -2.16. The molecule has 1 unspecified atom stereocenters. The Hall–Kier alpha value is -0.170. The van der Waals surface area contributed by atoms with Crippen molar-refractivity contribution < 1.29 is 22.8 Å². The number of hydrogen-bond donors (Lipinski definition) is 3. The second-order valence-electron chi connectivity index (χ2n) is 2.16. The highest BCUT2D eigenvalue weighted by Gasteiger charge is 2.16. The smallest absolute Gasteiger partial charge is 0.257 e. The number of thiol groups is 1. The normalized spacial score (nSPS) is 14.3. The van der Waals surface area contributed by atoms with Gasteiger partial charge in [0.25, 0.3) is 11.0 Å². The number of aliphatic hydroxyl groups excluding tert-OH is 2. The van der Waals surface area contributed by atoms with E-state index in [-0.39, 0.29) is 13.2 Å². The molecule has 0 rings (SSSR count). The molecule has 0 bridgehead atoms. The first kappa shape index (κ1) is 10.8. The van der Waals surface area contributed by atoms with Crippen molar-refractivity contribution >= 4 is 11.0 Å². The van der Waals surface area contributed by atoms with Gasteiger partial charge < -0.3 is 10.2 Å². The van der Waals surface area contributed by atoms with Gasteiger partial charge in [0.2, 0.25) is 0 Å². The van der Waals surface area contributed by atoms with E-state index in [0.717, 1.165) is 0 Å². The Bertz CT molecular complexity index is 154. The molecule has 0 amide bonds. The molecule has 0 aliphatic carbocycles. The zero-order chi connectivity index (χ0) is 8.85. The predicted molar refractivity (Wildman–Crippen MR) is 38.5 cm³/mol. The van der Waals surface area contributed by atoms with Gasteiger partial charge in [0.1, 0.15) is 0 Å². The van der Waals surface area contributed by atoms with E-state index in [1.165, 1.54) is 6.92 Å². The lowest BCUT2D eigenvalue weighted by atomic mass is 10.1. The third-order valence-electron chi connectivity index (χ3n) is 1.39. The first-order valence-electron chi connectivity index (χ1n) is 3.14. The van der Waals surface area contributed by atoms with Crippen LogP contribution in [0.1, 0.15) is 6.92 Å². The van der Waals surface area contributed by atoms with E-state index in [1.807, 2.05) is 0 Å². The van der Waals surface area contributed by atoms with E-state index in [0.29, 0.717) is 0 Å². The van der Waals surface area contributed by atoms with Crippen LogP contribution in [-0.2, 0) is 15.2 Å². The Morgan fingerprint density at radius 1 is 1.36 bits per heavy atom. The van der Waals surface area contributed by atoms with E-state index in [2.05, 4.69) is 4.18 Å². The van der Waals surface area contributed by atoms with Crippen molar-refractivity contribution in [3.8, 4) is 0 Å². The first-order valence-corrected chi connectivity index (χ1v) is 4.24. The van der Waals surface area contributed by atoms with Crippen molar-refractivity contribution in [3.05, 3.63) is 0 Å². The van der Waals surface area contributed by atoms with E-state index >= 15 is 0 Å². The number of aliphatic hydroxyl groups is 2. The fourth-order valence-electron chi connectivity index (χ4n) is 0.576. The van der Waals surface area contributed by atoms with Crippen LogP contribution in [0.2, 0.25) is 0 Å². The molecule has 0 aromatic rings. The van der Waals surface area contributed by atoms with Crippen LogP contribution in [0.5, 0.6) is 0 Å². The Balaban J connectivity index is 3.87. The van der Waals surface area contributed by atoms with Crippen LogP contribution in [0.4, 0.5) is 0 Å². The molecule has 0 aromatic heterocycles. The van der Waals surface area contributed by atoms with Gasteiger partial charge >= 0.3 is 0 Å². The summed E-state index contributed by atoms with van der Waals surface area (Å²) in [6.45, 7) is 0.893. The highest BCUT2D eigenvalue weighted by atomic mass is 32.2. The quantitative estimate of drug-likeness (QED) is 0.454. The third kappa shape index (κ3) is 4.31. The SMILES string of the molecule is CC(O[SH](=O)=O)C(CO)CO. The summed E-state index contributed by atoms with van der Waals surface area (Å²) >= 11 is 0. The van der Waals surface area contributed by atoms with Gasteiger partial charge in [0, 0.05) is 5.92 Å². The fraction of sp³-hybridized carbons (Fsp3) is 1.00. The topological polar surface area (TPSA) is 83.8 Å². The van der Waals surface area contributed by atoms with Crippen LogP contribution in [0, 0.1) is 5.92 Å². The van der Waals surface area contributed by atoms with Gasteiger partial charge in [-0.25, -0.2) is 8.42 Å². The van der Waals surface area contributed by atoms with Crippen molar-refractivity contribution in [2.45, 2.75) is 13.0 Å². The average molecular weight is 184 g/mol. The second kappa shape index (κ2) is 5.48. The predicted octanol–water partition coefficient (Wildman–Crippen LogP) is -1.48. The van der Waals surface area contributed by atoms with Gasteiger partial charge in [0.15, 0.2) is 0 Å². The number of hydrogen-bond acceptors (Lipinski definition) is 5. The molecular weight excluding hydrogens is 172 g/mol. The van der Waals surface area contributed by atoms with Crippen molar-refractivity contribution in [3.63, 3.8) is 0 Å². The molecule has 0 saturated heterocycles. The van der Waals surface area contributed by atoms with Gasteiger partial charge in [-0.3, -0.25) is 4.18 Å². The summed E-state index contributed by atoms with van der Waals surface area (Å²) in [5.41, 5.74) is 0. The molecule has 0 saturated carbocycles. The molecule has 0 heterocycles. The molecule has 1 atom stereocenters. The summed E-state index contributed by atoms with van der Waals surface area (Å²) in [7, 11) is -2.91. The first-order chi connectivity index (χ1) is 5.11. The van der Waals surface area contributed by atoms with Gasteiger partial charge in [-0.2, -0.15) is 0 Å². The lowest BCUT2D eigenvalue weighted by molar-refractivity contribution is 0.0636. The van der Waals surface area contributed by atoms with E-state index in [1.54, 1.807) is 0 Å². The van der Waals surface area contributed by atoms with E-state index < -0.39 is 23.0 Å². The maximum atomic E-state index is 10.00. The summed E-state index contributed by atoms with van der Waals surface area (Å²) in [5.74, 6) is -0.539. The maximum absolute atomic E-state index is 10.00. The van der Waals surface area contributed by atoms with Gasteiger partial charge in [-0.15, -0.1) is 0 Å². The van der Waals surface area contributed by atoms with Gasteiger partial charge in [-0.1, -0.05) is 0 Å². The minimum atomic E-state index is -2.91. The van der Waals surface area contributed by atoms with E-state index in [4.69, 9.17) is 10.2 Å². The average Bonchev–Trinajstić information content (AvgIpc) is 1.88. The highest BCUT2D eigenvalue weighted by Crippen LogP contribution is 2.05. The Morgan fingerprint density at radius 3 is 2.09 bits per heavy atom. The third-order valence-corrected chi connectivity index (χ3v) is 1.89. The summed E-state index contributed by atoms with van der Waals surface area (Å²) < 4.78 is 24.3. The molecular formula is C5H12O5S. The Labute approximate surface area is 66.8 Å². The standard InChI is InChI=1S/C5H12O5S/c1-4(10-11(8)9)5(2-6)3-7/h4-7,11H,2-3H2,1H3. The molecule has 2 N–H and O–H groups in total. The molecule has 0 fully saturated rings. The van der Waals surface area contributed by atoms with Crippen LogP contribution >= 0.6 is 0 Å². The van der Waals surface area contributed by atoms with Crippen LogP contribution < -0.4 is 0 Å². The minimum absolute atomic E-state index is 0.291. The Morgan fingerprint density at radius 2 is 1.82 bits per heavy atom. The molecule has 0 spiro atoms. The monoisotopic (exact) mass is 184 g/mol. The number of rotatable bonds is 5. The molecule has 5 nitrogen and oxygen atoms in total.